The summed E-state index contributed by atoms with van der Waals surface area (Å²) >= 11 is 0. The van der Waals surface area contributed by atoms with E-state index in [4.69, 9.17) is 0 Å². The maximum atomic E-state index is 10.8. The highest BCUT2D eigenvalue weighted by molar-refractivity contribution is 5.65. The lowest BCUT2D eigenvalue weighted by atomic mass is 10.2. The van der Waals surface area contributed by atoms with Crippen LogP contribution in [0.4, 0.5) is 17.1 Å². The van der Waals surface area contributed by atoms with Crippen LogP contribution in [-0.4, -0.2) is 26.4 Å². The Balaban J connectivity index is 3.57. The summed E-state index contributed by atoms with van der Waals surface area (Å²) in [6.45, 7) is 2.84. The Morgan fingerprint density at radius 3 is 1.94 bits per heavy atom. The molecule has 9 nitrogen and oxygen atoms in total. The molecular weight excluding hydrogens is 222 g/mol. The van der Waals surface area contributed by atoms with Crippen molar-refractivity contribution < 1.29 is 19.7 Å². The average Bonchev–Trinajstić information content (AvgIpc) is 2.16. The van der Waals surface area contributed by atoms with Crippen LogP contribution in [0, 0.1) is 25.4 Å². The van der Waals surface area contributed by atoms with Gasteiger partial charge in [-0.05, 0) is 0 Å². The van der Waals surface area contributed by atoms with Gasteiger partial charge in [-0.15, -0.1) is 0 Å². The number of hydrogen-bond acceptors (Lipinski definition) is 6. The van der Waals surface area contributed by atoms with Crippen LogP contribution < -0.4 is 0 Å². The first kappa shape index (κ1) is 11.4. The summed E-state index contributed by atoms with van der Waals surface area (Å²) in [6.07, 6.45) is 0. The molecule has 1 aromatic rings. The number of nitro benzene ring substituents is 2. The summed E-state index contributed by atoms with van der Waals surface area (Å²) in [5.41, 5.74) is -2.24. The van der Waals surface area contributed by atoms with Crippen LogP contribution in [0.25, 0.3) is 0 Å². The number of nitro groups is 2. The van der Waals surface area contributed by atoms with Gasteiger partial charge >= 0.3 is 5.69 Å². The Kier molecular flexibility index (Phi) is 2.70. The minimum absolute atomic E-state index is 0.144. The van der Waals surface area contributed by atoms with Crippen molar-refractivity contribution in [2.24, 2.45) is 0 Å². The molecule has 1 N–H and O–H groups in total. The van der Waals surface area contributed by atoms with E-state index in [2.05, 4.69) is 6.72 Å². The number of rotatable bonds is 3. The minimum Gasteiger partial charge on any atom is -0.619 e. The molecule has 0 bridgehead atoms. The van der Waals surface area contributed by atoms with Crippen LogP contribution in [0.1, 0.15) is 0 Å². The van der Waals surface area contributed by atoms with E-state index in [0.717, 1.165) is 0 Å². The number of non-ortho nitro benzene ring substituents is 1. The van der Waals surface area contributed by atoms with Gasteiger partial charge in [-0.2, -0.15) is 4.74 Å². The zero-order chi connectivity index (χ0) is 12.5. The van der Waals surface area contributed by atoms with Crippen molar-refractivity contribution >= 4 is 23.8 Å². The first-order valence-electron chi connectivity index (χ1n) is 3.78. The molecule has 9 heteroatoms. The lowest BCUT2D eigenvalue weighted by Gasteiger charge is -2.03. The number of phenolic OH excluding ortho intramolecular Hbond substituents is 1. The van der Waals surface area contributed by atoms with Crippen molar-refractivity contribution in [1.29, 1.82) is 0 Å². The summed E-state index contributed by atoms with van der Waals surface area (Å²) in [4.78, 5) is 18.9. The topological polar surface area (TPSA) is 133 Å². The number of aromatic hydroxyl groups is 1. The van der Waals surface area contributed by atoms with Gasteiger partial charge in [0.25, 0.3) is 17.1 Å². The predicted molar refractivity (Wildman–Crippen MR) is 51.8 cm³/mol. The molecule has 84 valence electrons. The fourth-order valence-corrected chi connectivity index (χ4v) is 1.02. The van der Waals surface area contributed by atoms with Crippen LogP contribution in [-0.2, 0) is 0 Å². The molecule has 0 amide bonds. The lowest BCUT2D eigenvalue weighted by Crippen LogP contribution is -1.98. The van der Waals surface area contributed by atoms with Crippen molar-refractivity contribution in [2.45, 2.75) is 0 Å². The second kappa shape index (κ2) is 3.81. The van der Waals surface area contributed by atoms with Gasteiger partial charge in [-0.25, -0.2) is 0 Å². The second-order valence-electron chi connectivity index (χ2n) is 2.73. The average molecular weight is 227 g/mol. The standard InChI is InChI=1S/C7H5N3O6/c1-8(12)5-2-4(9(13)14)3-6(7(5)11)10(15)16/h2-3,11H,1H2. The zero-order valence-electron chi connectivity index (χ0n) is 7.69. The summed E-state index contributed by atoms with van der Waals surface area (Å²) in [7, 11) is 0. The monoisotopic (exact) mass is 227 g/mol. The highest BCUT2D eigenvalue weighted by Gasteiger charge is 2.27. The molecule has 1 aromatic carbocycles. The Hall–Kier alpha value is -2.71. The van der Waals surface area contributed by atoms with Crippen LogP contribution in [0.3, 0.4) is 0 Å². The third kappa shape index (κ3) is 1.87. The van der Waals surface area contributed by atoms with Crippen molar-refractivity contribution in [2.75, 3.05) is 0 Å². The molecule has 0 atom stereocenters. The summed E-state index contributed by atoms with van der Waals surface area (Å²) in [5, 5.41) is 41.0. The minimum atomic E-state index is -1.03. The van der Waals surface area contributed by atoms with Gasteiger partial charge in [0, 0.05) is 0 Å². The molecule has 0 aliphatic carbocycles. The molecule has 0 aliphatic heterocycles. The zero-order valence-corrected chi connectivity index (χ0v) is 7.69. The number of hydrogen-bond donors (Lipinski definition) is 1. The number of benzene rings is 1. The van der Waals surface area contributed by atoms with E-state index in [1.165, 1.54) is 0 Å². The van der Waals surface area contributed by atoms with Crippen LogP contribution >= 0.6 is 0 Å². The quantitative estimate of drug-likeness (QED) is 0.269. The Labute approximate surface area is 87.8 Å². The fraction of sp³-hybridized carbons (Fsp3) is 0. The molecule has 1 rings (SSSR count). The van der Waals surface area contributed by atoms with Crippen molar-refractivity contribution in [1.82, 2.24) is 0 Å². The summed E-state index contributed by atoms with van der Waals surface area (Å²) in [5.74, 6) is -0.958. The molecule has 0 aromatic heterocycles. The molecule has 0 fully saturated rings. The van der Waals surface area contributed by atoms with Gasteiger partial charge < -0.3 is 10.3 Å². The smallest absolute Gasteiger partial charge is 0.324 e. The SMILES string of the molecule is C=[N+]([O-])c1cc([N+](=O)[O-])cc([N+](=O)[O-])c1O. The molecule has 0 aliphatic rings. The van der Waals surface area contributed by atoms with Crippen molar-refractivity contribution in [3.63, 3.8) is 0 Å². The first-order valence-corrected chi connectivity index (χ1v) is 3.78. The van der Waals surface area contributed by atoms with E-state index in [1.54, 1.807) is 0 Å². The largest absolute Gasteiger partial charge is 0.619 e. The maximum absolute atomic E-state index is 10.8. The van der Waals surface area contributed by atoms with Crippen LogP contribution in [0.2, 0.25) is 0 Å². The highest BCUT2D eigenvalue weighted by atomic mass is 16.6. The van der Waals surface area contributed by atoms with Gasteiger partial charge in [-0.3, -0.25) is 20.2 Å². The van der Waals surface area contributed by atoms with E-state index in [0.29, 0.717) is 12.1 Å². The Morgan fingerprint density at radius 2 is 1.56 bits per heavy atom. The molecule has 0 radical (unpaired) electrons. The van der Waals surface area contributed by atoms with E-state index >= 15 is 0 Å². The van der Waals surface area contributed by atoms with E-state index in [9.17, 15) is 30.5 Å². The molecule has 0 saturated carbocycles. The Morgan fingerprint density at radius 1 is 1.06 bits per heavy atom. The van der Waals surface area contributed by atoms with Gasteiger partial charge in [0.05, 0.1) is 22.0 Å². The van der Waals surface area contributed by atoms with Crippen molar-refractivity contribution in [3.8, 4) is 5.75 Å². The van der Waals surface area contributed by atoms with Crippen LogP contribution in [0.15, 0.2) is 12.1 Å². The normalized spacial score (nSPS) is 9.75. The molecular formula is C7H5N3O6. The predicted octanol–water partition coefficient (Wildman–Crippen LogP) is 1.05. The van der Waals surface area contributed by atoms with Crippen LogP contribution in [0.5, 0.6) is 5.75 Å². The van der Waals surface area contributed by atoms with Gasteiger partial charge in [0.15, 0.2) is 0 Å². The fourth-order valence-electron chi connectivity index (χ4n) is 1.02. The molecule has 0 unspecified atom stereocenters. The first-order chi connectivity index (χ1) is 7.34. The number of phenols is 1. The van der Waals surface area contributed by atoms with E-state index < -0.39 is 32.7 Å². The molecule has 0 spiro atoms. The summed E-state index contributed by atoms with van der Waals surface area (Å²) in [6, 6.07) is 1.25. The van der Waals surface area contributed by atoms with E-state index in [-0.39, 0.29) is 4.74 Å². The third-order valence-electron chi connectivity index (χ3n) is 1.73. The molecule has 0 heterocycles. The van der Waals surface area contributed by atoms with E-state index in [1.807, 2.05) is 0 Å². The maximum Gasteiger partial charge on any atom is 0.324 e. The number of nitrogens with zero attached hydrogens (tertiary/aromatic N) is 3. The lowest BCUT2D eigenvalue weighted by molar-refractivity contribution is -0.398. The van der Waals surface area contributed by atoms with Gasteiger partial charge in [0.1, 0.15) is 6.72 Å². The summed E-state index contributed by atoms with van der Waals surface area (Å²) < 4.78 is -0.144. The van der Waals surface area contributed by atoms with Gasteiger partial charge in [-0.1, -0.05) is 0 Å². The van der Waals surface area contributed by atoms with Gasteiger partial charge in [0.2, 0.25) is 0 Å². The second-order valence-corrected chi connectivity index (χ2v) is 2.73. The molecule has 16 heavy (non-hydrogen) atoms. The highest BCUT2D eigenvalue weighted by Crippen LogP contribution is 2.38. The Bertz CT molecular complexity index is 462. The van der Waals surface area contributed by atoms with Crippen molar-refractivity contribution in [3.05, 3.63) is 37.6 Å². The third-order valence-corrected chi connectivity index (χ3v) is 1.73. The molecule has 0 saturated heterocycles.